The van der Waals surface area contributed by atoms with E-state index < -0.39 is 0 Å². The Morgan fingerprint density at radius 2 is 2.11 bits per heavy atom. The van der Waals surface area contributed by atoms with Gasteiger partial charge in [0.05, 0.1) is 11.7 Å². The first-order valence-electron chi connectivity index (χ1n) is 5.69. The molecule has 2 rings (SSSR count). The smallest absolute Gasteiger partial charge is 0.126 e. The largest absolute Gasteiger partial charge is 0.322 e. The molecule has 2 nitrogen and oxygen atoms in total. The fourth-order valence-corrected chi connectivity index (χ4v) is 2.01. The summed E-state index contributed by atoms with van der Waals surface area (Å²) in [7, 11) is 0. The Kier molecular flexibility index (Phi) is 3.94. The predicted octanol–water partition coefficient (Wildman–Crippen LogP) is 3.43. The standard InChI is InChI=1S/C14H14ClFN2/c1-9-3-2-4-14(18-9)13(17)8-10-7-11(15)5-6-12(10)16/h2-7,13H,8,17H2,1H3. The van der Waals surface area contributed by atoms with Gasteiger partial charge in [0.15, 0.2) is 0 Å². The van der Waals surface area contributed by atoms with Crippen LogP contribution in [-0.2, 0) is 6.42 Å². The number of rotatable bonds is 3. The molecule has 0 radical (unpaired) electrons. The van der Waals surface area contributed by atoms with Crippen molar-refractivity contribution in [1.29, 1.82) is 0 Å². The highest BCUT2D eigenvalue weighted by atomic mass is 35.5. The molecular formula is C14H14ClFN2. The average Bonchev–Trinajstić information content (AvgIpc) is 2.34. The van der Waals surface area contributed by atoms with Gasteiger partial charge < -0.3 is 5.73 Å². The number of hydrogen-bond acceptors (Lipinski definition) is 2. The summed E-state index contributed by atoms with van der Waals surface area (Å²) in [5, 5.41) is 0.510. The molecule has 0 amide bonds. The van der Waals surface area contributed by atoms with Crippen molar-refractivity contribution in [2.45, 2.75) is 19.4 Å². The van der Waals surface area contributed by atoms with Crippen LogP contribution < -0.4 is 5.73 Å². The van der Waals surface area contributed by atoms with E-state index in [0.29, 0.717) is 17.0 Å². The van der Waals surface area contributed by atoms with Crippen molar-refractivity contribution in [1.82, 2.24) is 4.98 Å². The molecule has 2 aromatic rings. The number of pyridine rings is 1. The number of aromatic nitrogens is 1. The van der Waals surface area contributed by atoms with Crippen molar-refractivity contribution < 1.29 is 4.39 Å². The van der Waals surface area contributed by atoms with Crippen molar-refractivity contribution in [3.63, 3.8) is 0 Å². The number of benzene rings is 1. The second-order valence-corrected chi connectivity index (χ2v) is 4.69. The van der Waals surface area contributed by atoms with E-state index in [1.54, 1.807) is 6.07 Å². The van der Waals surface area contributed by atoms with Gasteiger partial charge in [0, 0.05) is 10.7 Å². The van der Waals surface area contributed by atoms with E-state index in [0.717, 1.165) is 11.4 Å². The second kappa shape index (κ2) is 5.46. The molecule has 0 aliphatic heterocycles. The molecule has 1 heterocycles. The predicted molar refractivity (Wildman–Crippen MR) is 71.0 cm³/mol. The highest BCUT2D eigenvalue weighted by Gasteiger charge is 2.12. The maximum atomic E-state index is 13.6. The van der Waals surface area contributed by atoms with E-state index in [1.807, 2.05) is 25.1 Å². The van der Waals surface area contributed by atoms with E-state index in [2.05, 4.69) is 4.98 Å². The fourth-order valence-electron chi connectivity index (χ4n) is 1.81. The van der Waals surface area contributed by atoms with Gasteiger partial charge in [-0.3, -0.25) is 4.98 Å². The first-order chi connectivity index (χ1) is 8.56. The normalized spacial score (nSPS) is 12.4. The maximum absolute atomic E-state index is 13.6. The lowest BCUT2D eigenvalue weighted by molar-refractivity contribution is 0.589. The highest BCUT2D eigenvalue weighted by Crippen LogP contribution is 2.20. The molecule has 4 heteroatoms. The summed E-state index contributed by atoms with van der Waals surface area (Å²) in [5.74, 6) is -0.289. The van der Waals surface area contributed by atoms with Gasteiger partial charge in [-0.15, -0.1) is 0 Å². The van der Waals surface area contributed by atoms with E-state index in [9.17, 15) is 4.39 Å². The quantitative estimate of drug-likeness (QED) is 0.923. The van der Waals surface area contributed by atoms with Gasteiger partial charge in [-0.1, -0.05) is 17.7 Å². The zero-order valence-corrected chi connectivity index (χ0v) is 10.8. The molecule has 0 aliphatic carbocycles. The zero-order chi connectivity index (χ0) is 13.1. The van der Waals surface area contributed by atoms with E-state index >= 15 is 0 Å². The molecule has 0 aliphatic rings. The van der Waals surface area contributed by atoms with Crippen LogP contribution in [0.2, 0.25) is 5.02 Å². The van der Waals surface area contributed by atoms with Crippen LogP contribution in [-0.4, -0.2) is 4.98 Å². The second-order valence-electron chi connectivity index (χ2n) is 4.25. The average molecular weight is 265 g/mol. The Balaban J connectivity index is 2.21. The van der Waals surface area contributed by atoms with Crippen LogP contribution in [0.25, 0.3) is 0 Å². The number of halogens is 2. The number of nitrogens with two attached hydrogens (primary N) is 1. The minimum atomic E-state index is -0.335. The Bertz CT molecular complexity index is 557. The molecule has 2 N–H and O–H groups in total. The SMILES string of the molecule is Cc1cccc(C(N)Cc2cc(Cl)ccc2F)n1. The van der Waals surface area contributed by atoms with Gasteiger partial charge in [-0.2, -0.15) is 0 Å². The third-order valence-corrected chi connectivity index (χ3v) is 2.97. The Morgan fingerprint density at radius 1 is 1.33 bits per heavy atom. The molecule has 0 saturated carbocycles. The molecule has 94 valence electrons. The molecule has 1 aromatic carbocycles. The molecule has 0 saturated heterocycles. The van der Waals surface area contributed by atoms with Crippen molar-refractivity contribution in [3.05, 3.63) is 64.2 Å². The van der Waals surface area contributed by atoms with Crippen LogP contribution in [0.3, 0.4) is 0 Å². The lowest BCUT2D eigenvalue weighted by atomic mass is 10.0. The van der Waals surface area contributed by atoms with E-state index in [4.69, 9.17) is 17.3 Å². The summed E-state index contributed by atoms with van der Waals surface area (Å²) in [5.41, 5.74) is 8.21. The van der Waals surface area contributed by atoms with E-state index in [-0.39, 0.29) is 11.9 Å². The summed E-state index contributed by atoms with van der Waals surface area (Å²) in [6.07, 6.45) is 0.378. The lowest BCUT2D eigenvalue weighted by Crippen LogP contribution is -2.16. The molecule has 18 heavy (non-hydrogen) atoms. The van der Waals surface area contributed by atoms with Crippen LogP contribution in [0.15, 0.2) is 36.4 Å². The summed E-state index contributed by atoms with van der Waals surface area (Å²) >= 11 is 5.85. The Morgan fingerprint density at radius 3 is 2.83 bits per heavy atom. The highest BCUT2D eigenvalue weighted by molar-refractivity contribution is 6.30. The fraction of sp³-hybridized carbons (Fsp3) is 0.214. The monoisotopic (exact) mass is 264 g/mol. The van der Waals surface area contributed by atoms with Crippen molar-refractivity contribution in [3.8, 4) is 0 Å². The summed E-state index contributed by atoms with van der Waals surface area (Å²) in [6.45, 7) is 1.90. The van der Waals surface area contributed by atoms with Gasteiger partial charge >= 0.3 is 0 Å². The van der Waals surface area contributed by atoms with Gasteiger partial charge in [0.2, 0.25) is 0 Å². The van der Waals surface area contributed by atoms with Crippen molar-refractivity contribution in [2.75, 3.05) is 0 Å². The molecule has 0 bridgehead atoms. The van der Waals surface area contributed by atoms with Gasteiger partial charge in [-0.25, -0.2) is 4.39 Å². The molecule has 0 spiro atoms. The third-order valence-electron chi connectivity index (χ3n) is 2.74. The Hall–Kier alpha value is -1.45. The minimum Gasteiger partial charge on any atom is -0.322 e. The zero-order valence-electron chi connectivity index (χ0n) is 10.0. The summed E-state index contributed by atoms with van der Waals surface area (Å²) < 4.78 is 13.6. The van der Waals surface area contributed by atoms with Crippen molar-refractivity contribution >= 4 is 11.6 Å². The van der Waals surface area contributed by atoms with Crippen LogP contribution in [0.4, 0.5) is 4.39 Å². The molecule has 1 unspecified atom stereocenters. The van der Waals surface area contributed by atoms with Crippen LogP contribution in [0, 0.1) is 12.7 Å². The van der Waals surface area contributed by atoms with Gasteiger partial charge in [0.1, 0.15) is 5.82 Å². The third kappa shape index (κ3) is 3.06. The minimum absolute atomic E-state index is 0.289. The molecule has 0 fully saturated rings. The van der Waals surface area contributed by atoms with Gasteiger partial charge in [-0.05, 0) is 49.2 Å². The number of aryl methyl sites for hydroxylation is 1. The van der Waals surface area contributed by atoms with Crippen LogP contribution >= 0.6 is 11.6 Å². The first kappa shape index (κ1) is 13.0. The number of nitrogens with zero attached hydrogens (tertiary/aromatic N) is 1. The summed E-state index contributed by atoms with van der Waals surface area (Å²) in [4.78, 5) is 4.34. The molecule has 1 aromatic heterocycles. The first-order valence-corrected chi connectivity index (χ1v) is 6.07. The summed E-state index contributed by atoms with van der Waals surface area (Å²) in [6, 6.07) is 9.79. The van der Waals surface area contributed by atoms with Crippen LogP contribution in [0.5, 0.6) is 0 Å². The molecule has 1 atom stereocenters. The topological polar surface area (TPSA) is 38.9 Å². The van der Waals surface area contributed by atoms with Crippen molar-refractivity contribution in [2.24, 2.45) is 5.73 Å². The van der Waals surface area contributed by atoms with Crippen LogP contribution in [0.1, 0.15) is 23.0 Å². The molecular weight excluding hydrogens is 251 g/mol. The Labute approximate surface area is 111 Å². The lowest BCUT2D eigenvalue weighted by Gasteiger charge is -2.12. The number of hydrogen-bond donors (Lipinski definition) is 1. The van der Waals surface area contributed by atoms with Gasteiger partial charge in [0.25, 0.3) is 0 Å². The van der Waals surface area contributed by atoms with E-state index in [1.165, 1.54) is 12.1 Å². The maximum Gasteiger partial charge on any atom is 0.126 e.